The molecule has 0 aliphatic carbocycles. The van der Waals surface area contributed by atoms with Crippen LogP contribution in [0.3, 0.4) is 0 Å². The molecule has 0 saturated carbocycles. The van der Waals surface area contributed by atoms with Gasteiger partial charge in [0.15, 0.2) is 0 Å². The minimum atomic E-state index is 0.221. The Hall–Kier alpha value is -1.00. The maximum atomic E-state index is 5.28. The number of halogens is 2. The second-order valence-electron chi connectivity index (χ2n) is 4.92. The number of hydrogen-bond acceptors (Lipinski definition) is 2. The van der Waals surface area contributed by atoms with Gasteiger partial charge >= 0.3 is 0 Å². The van der Waals surface area contributed by atoms with Crippen molar-refractivity contribution in [2.24, 2.45) is 0 Å². The SMILES string of the molecule is CCc1cc(Br)ccc1NC(C)c1ccc(OC)c(Br)c1. The van der Waals surface area contributed by atoms with E-state index in [1.807, 2.05) is 6.07 Å². The molecule has 0 heterocycles. The van der Waals surface area contributed by atoms with Gasteiger partial charge in [0, 0.05) is 16.2 Å². The normalized spacial score (nSPS) is 12.0. The molecule has 0 aliphatic rings. The minimum absolute atomic E-state index is 0.221. The van der Waals surface area contributed by atoms with Crippen molar-refractivity contribution in [3.05, 3.63) is 56.5 Å². The van der Waals surface area contributed by atoms with Gasteiger partial charge in [-0.2, -0.15) is 0 Å². The number of ether oxygens (including phenoxy) is 1. The molecule has 0 amide bonds. The van der Waals surface area contributed by atoms with E-state index in [2.05, 4.69) is 81.4 Å². The summed E-state index contributed by atoms with van der Waals surface area (Å²) in [7, 11) is 1.68. The van der Waals surface area contributed by atoms with E-state index < -0.39 is 0 Å². The monoisotopic (exact) mass is 411 g/mol. The second-order valence-corrected chi connectivity index (χ2v) is 6.69. The van der Waals surface area contributed by atoms with Crippen molar-refractivity contribution in [1.82, 2.24) is 0 Å². The summed E-state index contributed by atoms with van der Waals surface area (Å²) in [6.45, 7) is 4.33. The predicted octanol–water partition coefficient (Wildman–Crippen LogP) is 5.96. The summed E-state index contributed by atoms with van der Waals surface area (Å²) in [5.74, 6) is 0.851. The van der Waals surface area contributed by atoms with E-state index in [1.165, 1.54) is 16.8 Å². The molecule has 2 nitrogen and oxygen atoms in total. The molecule has 1 N–H and O–H groups in total. The van der Waals surface area contributed by atoms with Crippen molar-refractivity contribution in [3.63, 3.8) is 0 Å². The van der Waals surface area contributed by atoms with Gasteiger partial charge in [0.2, 0.25) is 0 Å². The molecule has 2 aromatic rings. The summed E-state index contributed by atoms with van der Waals surface area (Å²) < 4.78 is 7.37. The van der Waals surface area contributed by atoms with Gasteiger partial charge in [-0.3, -0.25) is 0 Å². The highest BCUT2D eigenvalue weighted by Gasteiger charge is 2.10. The first-order valence-corrected chi connectivity index (χ1v) is 8.52. The molecule has 0 radical (unpaired) electrons. The van der Waals surface area contributed by atoms with Crippen LogP contribution in [0.4, 0.5) is 5.69 Å². The lowest BCUT2D eigenvalue weighted by atomic mass is 10.1. The number of nitrogens with one attached hydrogen (secondary N) is 1. The zero-order valence-corrected chi connectivity index (χ0v) is 15.6. The standard InChI is InChI=1S/C17H19Br2NO/c1-4-12-9-14(18)6-7-16(12)20-11(2)13-5-8-17(21-3)15(19)10-13/h5-11,20H,4H2,1-3H3. The Morgan fingerprint density at radius 2 is 1.90 bits per heavy atom. The summed E-state index contributed by atoms with van der Waals surface area (Å²) in [5, 5.41) is 3.59. The Labute approximate surface area is 143 Å². The van der Waals surface area contributed by atoms with Crippen molar-refractivity contribution in [2.45, 2.75) is 26.3 Å². The number of hydrogen-bond donors (Lipinski definition) is 1. The number of benzene rings is 2. The van der Waals surface area contributed by atoms with Gasteiger partial charge in [0.25, 0.3) is 0 Å². The van der Waals surface area contributed by atoms with Crippen LogP contribution in [0.1, 0.15) is 31.0 Å². The molecular weight excluding hydrogens is 394 g/mol. The Balaban J connectivity index is 2.21. The fourth-order valence-electron chi connectivity index (χ4n) is 2.26. The lowest BCUT2D eigenvalue weighted by Crippen LogP contribution is -2.08. The first kappa shape index (κ1) is 16.4. The summed E-state index contributed by atoms with van der Waals surface area (Å²) in [4.78, 5) is 0. The highest BCUT2D eigenvalue weighted by atomic mass is 79.9. The van der Waals surface area contributed by atoms with E-state index in [4.69, 9.17) is 4.74 Å². The van der Waals surface area contributed by atoms with E-state index in [0.29, 0.717) is 0 Å². The van der Waals surface area contributed by atoms with Gasteiger partial charge in [-0.1, -0.05) is 28.9 Å². The van der Waals surface area contributed by atoms with E-state index in [-0.39, 0.29) is 6.04 Å². The molecule has 0 bridgehead atoms. The molecule has 1 unspecified atom stereocenters. The van der Waals surface area contributed by atoms with Crippen LogP contribution in [0.2, 0.25) is 0 Å². The summed E-state index contributed by atoms with van der Waals surface area (Å²) in [6.07, 6.45) is 1.00. The molecule has 2 aromatic carbocycles. The smallest absolute Gasteiger partial charge is 0.133 e. The van der Waals surface area contributed by atoms with Gasteiger partial charge in [-0.15, -0.1) is 0 Å². The first-order chi connectivity index (χ1) is 10.0. The maximum Gasteiger partial charge on any atom is 0.133 e. The Kier molecular flexibility index (Phi) is 5.71. The van der Waals surface area contributed by atoms with E-state index in [0.717, 1.165) is 21.1 Å². The third kappa shape index (κ3) is 4.01. The molecular formula is C17H19Br2NO. The van der Waals surface area contributed by atoms with E-state index in [1.54, 1.807) is 7.11 Å². The Morgan fingerprint density at radius 1 is 1.14 bits per heavy atom. The molecule has 21 heavy (non-hydrogen) atoms. The van der Waals surface area contributed by atoms with E-state index in [9.17, 15) is 0 Å². The Bertz CT molecular complexity index is 628. The van der Waals surface area contributed by atoms with Crippen LogP contribution in [-0.4, -0.2) is 7.11 Å². The molecule has 0 aliphatic heterocycles. The number of rotatable bonds is 5. The highest BCUT2D eigenvalue weighted by Crippen LogP contribution is 2.30. The molecule has 0 fully saturated rings. The summed E-state index contributed by atoms with van der Waals surface area (Å²) in [5.41, 5.74) is 3.71. The van der Waals surface area contributed by atoms with Crippen molar-refractivity contribution < 1.29 is 4.74 Å². The molecule has 4 heteroatoms. The van der Waals surface area contributed by atoms with Crippen LogP contribution in [0.15, 0.2) is 45.3 Å². The van der Waals surface area contributed by atoms with Crippen molar-refractivity contribution in [2.75, 3.05) is 12.4 Å². The van der Waals surface area contributed by atoms with Gasteiger partial charge in [0.1, 0.15) is 5.75 Å². The van der Waals surface area contributed by atoms with Gasteiger partial charge in [-0.05, 0) is 70.7 Å². The van der Waals surface area contributed by atoms with Crippen molar-refractivity contribution in [3.8, 4) is 5.75 Å². The van der Waals surface area contributed by atoms with Crippen LogP contribution in [0.5, 0.6) is 5.75 Å². The predicted molar refractivity (Wildman–Crippen MR) is 96.3 cm³/mol. The van der Waals surface area contributed by atoms with Crippen LogP contribution in [0.25, 0.3) is 0 Å². The fourth-order valence-corrected chi connectivity index (χ4v) is 3.23. The Morgan fingerprint density at radius 3 is 2.52 bits per heavy atom. The van der Waals surface area contributed by atoms with Gasteiger partial charge in [-0.25, -0.2) is 0 Å². The van der Waals surface area contributed by atoms with Crippen LogP contribution in [-0.2, 0) is 6.42 Å². The number of aryl methyl sites for hydroxylation is 1. The van der Waals surface area contributed by atoms with Crippen LogP contribution < -0.4 is 10.1 Å². The number of methoxy groups -OCH3 is 1. The summed E-state index contributed by atoms with van der Waals surface area (Å²) in [6, 6.07) is 12.8. The lowest BCUT2D eigenvalue weighted by Gasteiger charge is -2.19. The molecule has 0 aromatic heterocycles. The van der Waals surface area contributed by atoms with Crippen molar-refractivity contribution >= 4 is 37.5 Å². The largest absolute Gasteiger partial charge is 0.496 e. The van der Waals surface area contributed by atoms with E-state index >= 15 is 0 Å². The third-order valence-electron chi connectivity index (χ3n) is 3.50. The molecule has 1 atom stereocenters. The maximum absolute atomic E-state index is 5.28. The van der Waals surface area contributed by atoms with Gasteiger partial charge in [0.05, 0.1) is 11.6 Å². The third-order valence-corrected chi connectivity index (χ3v) is 4.61. The lowest BCUT2D eigenvalue weighted by molar-refractivity contribution is 0.412. The number of anilines is 1. The van der Waals surface area contributed by atoms with Crippen LogP contribution in [0, 0.1) is 0 Å². The molecule has 0 spiro atoms. The molecule has 112 valence electrons. The van der Waals surface area contributed by atoms with Crippen molar-refractivity contribution in [1.29, 1.82) is 0 Å². The average molecular weight is 413 g/mol. The second kappa shape index (κ2) is 7.32. The average Bonchev–Trinajstić information content (AvgIpc) is 2.48. The quantitative estimate of drug-likeness (QED) is 0.654. The highest BCUT2D eigenvalue weighted by molar-refractivity contribution is 9.10. The van der Waals surface area contributed by atoms with Crippen LogP contribution >= 0.6 is 31.9 Å². The van der Waals surface area contributed by atoms with Gasteiger partial charge < -0.3 is 10.1 Å². The molecule has 0 saturated heterocycles. The summed E-state index contributed by atoms with van der Waals surface area (Å²) >= 11 is 7.07. The first-order valence-electron chi connectivity index (χ1n) is 6.93. The zero-order valence-electron chi connectivity index (χ0n) is 12.4. The fraction of sp³-hybridized carbons (Fsp3) is 0.294. The topological polar surface area (TPSA) is 21.3 Å². The molecule has 2 rings (SSSR count). The minimum Gasteiger partial charge on any atom is -0.496 e. The zero-order chi connectivity index (χ0) is 15.4.